The number of aryl methyl sites for hydroxylation is 2. The number of aliphatic carboxylic acids is 1. The summed E-state index contributed by atoms with van der Waals surface area (Å²) in [7, 11) is 0. The van der Waals surface area contributed by atoms with Crippen LogP contribution >= 0.6 is 34.5 Å². The smallest absolute Gasteiger partial charge is 0.303 e. The second kappa shape index (κ2) is 6.16. The first-order chi connectivity index (χ1) is 12.0. The number of aromatic nitrogens is 2. The van der Waals surface area contributed by atoms with Gasteiger partial charge in [-0.3, -0.25) is 4.79 Å². The second-order valence-corrected chi connectivity index (χ2v) is 7.80. The molecule has 3 aromatic rings. The highest BCUT2D eigenvalue weighted by molar-refractivity contribution is 7.14. The highest BCUT2D eigenvalue weighted by Gasteiger charge is 2.31. The molecule has 128 valence electrons. The molecule has 2 aromatic heterocycles. The van der Waals surface area contributed by atoms with Crippen LogP contribution in [0.1, 0.15) is 28.8 Å². The number of carboxylic acids is 1. The number of rotatable bonds is 4. The van der Waals surface area contributed by atoms with E-state index in [-0.39, 0.29) is 6.42 Å². The molecule has 0 spiro atoms. The third-order valence-corrected chi connectivity index (χ3v) is 6.14. The van der Waals surface area contributed by atoms with E-state index in [1.807, 2.05) is 10.7 Å². The Bertz CT molecular complexity index is 1010. The van der Waals surface area contributed by atoms with Crippen LogP contribution in [0.5, 0.6) is 0 Å². The molecule has 7 heteroatoms. The fraction of sp³-hybridized carbons (Fsp3) is 0.222. The number of carboxylic acid groups (broad SMARTS) is 1. The van der Waals surface area contributed by atoms with E-state index < -0.39 is 5.97 Å². The van der Waals surface area contributed by atoms with Crippen LogP contribution < -0.4 is 0 Å². The molecule has 0 unspecified atom stereocenters. The van der Waals surface area contributed by atoms with E-state index in [1.54, 1.807) is 23.5 Å². The van der Waals surface area contributed by atoms with Gasteiger partial charge < -0.3 is 5.11 Å². The Labute approximate surface area is 158 Å². The molecule has 1 N–H and O–H groups in total. The molecule has 0 aliphatic heterocycles. The molecule has 2 heterocycles. The maximum Gasteiger partial charge on any atom is 0.303 e. The molecule has 1 aliphatic rings. The van der Waals surface area contributed by atoms with Crippen molar-refractivity contribution >= 4 is 40.5 Å². The molecule has 0 atom stereocenters. The fourth-order valence-corrected chi connectivity index (χ4v) is 4.85. The van der Waals surface area contributed by atoms with Gasteiger partial charge in [0.15, 0.2) is 0 Å². The quantitative estimate of drug-likeness (QED) is 0.523. The van der Waals surface area contributed by atoms with Gasteiger partial charge in [0.1, 0.15) is 0 Å². The van der Waals surface area contributed by atoms with Crippen LogP contribution in [0.3, 0.4) is 0 Å². The molecule has 0 bridgehead atoms. The van der Waals surface area contributed by atoms with Crippen molar-refractivity contribution in [1.82, 2.24) is 9.78 Å². The largest absolute Gasteiger partial charge is 0.481 e. The van der Waals surface area contributed by atoms with Gasteiger partial charge in [-0.05, 0) is 41.6 Å². The molecule has 1 aromatic carbocycles. The third kappa shape index (κ3) is 2.76. The molecule has 0 amide bonds. The zero-order valence-electron chi connectivity index (χ0n) is 13.3. The number of benzene rings is 1. The zero-order chi connectivity index (χ0) is 17.7. The van der Waals surface area contributed by atoms with E-state index in [0.717, 1.165) is 29.1 Å². The molecule has 1 aliphatic carbocycles. The number of halogens is 2. The molecular formula is C18H14Cl2N2O2S. The lowest BCUT2D eigenvalue weighted by Crippen LogP contribution is -2.03. The third-order valence-electron chi connectivity index (χ3n) is 4.45. The molecule has 4 rings (SSSR count). The number of carbonyl (C=O) groups is 1. The van der Waals surface area contributed by atoms with Crippen LogP contribution in [0.4, 0.5) is 0 Å². The van der Waals surface area contributed by atoms with E-state index >= 15 is 0 Å². The van der Waals surface area contributed by atoms with E-state index in [4.69, 9.17) is 33.4 Å². The normalized spacial score (nSPS) is 12.3. The summed E-state index contributed by atoms with van der Waals surface area (Å²) in [5, 5.41) is 17.0. The number of hydrogen-bond donors (Lipinski definition) is 1. The Morgan fingerprint density at radius 3 is 2.88 bits per heavy atom. The highest BCUT2D eigenvalue weighted by atomic mass is 35.5. The molecule has 0 saturated carbocycles. The van der Waals surface area contributed by atoms with Gasteiger partial charge in [-0.2, -0.15) is 5.10 Å². The summed E-state index contributed by atoms with van der Waals surface area (Å²) in [6.45, 7) is 2.10. The molecule has 4 nitrogen and oxygen atoms in total. The summed E-state index contributed by atoms with van der Waals surface area (Å²) in [5.74, 6) is -0.822. The van der Waals surface area contributed by atoms with Crippen LogP contribution in [-0.2, 0) is 17.6 Å². The Morgan fingerprint density at radius 2 is 2.16 bits per heavy atom. The highest BCUT2D eigenvalue weighted by Crippen LogP contribution is 2.45. The first kappa shape index (κ1) is 16.6. The van der Waals surface area contributed by atoms with Crippen molar-refractivity contribution in [1.29, 1.82) is 0 Å². The van der Waals surface area contributed by atoms with Crippen molar-refractivity contribution in [3.05, 3.63) is 56.0 Å². The predicted molar refractivity (Wildman–Crippen MR) is 100 cm³/mol. The van der Waals surface area contributed by atoms with E-state index in [1.165, 1.54) is 16.0 Å². The molecule has 0 saturated heterocycles. The van der Waals surface area contributed by atoms with Gasteiger partial charge in [0.05, 0.1) is 33.4 Å². The van der Waals surface area contributed by atoms with Gasteiger partial charge in [0.25, 0.3) is 0 Å². The molecule has 0 radical (unpaired) electrons. The Hall–Kier alpha value is -1.82. The van der Waals surface area contributed by atoms with Crippen LogP contribution in [-0.4, -0.2) is 20.9 Å². The number of nitrogens with zero attached hydrogens (tertiary/aromatic N) is 2. The maximum atomic E-state index is 11.0. The van der Waals surface area contributed by atoms with E-state index in [0.29, 0.717) is 16.5 Å². The SMILES string of the molecule is Cc1csc2c1Cc1c(CCC(=O)O)nn(-c3ccc(Cl)cc3Cl)c1-2. The Kier molecular flexibility index (Phi) is 4.10. The zero-order valence-corrected chi connectivity index (χ0v) is 15.7. The predicted octanol–water partition coefficient (Wildman–Crippen LogP) is 5.14. The van der Waals surface area contributed by atoms with Crippen molar-refractivity contribution in [2.75, 3.05) is 0 Å². The van der Waals surface area contributed by atoms with Crippen molar-refractivity contribution < 1.29 is 9.90 Å². The minimum Gasteiger partial charge on any atom is -0.481 e. The lowest BCUT2D eigenvalue weighted by atomic mass is 10.1. The van der Waals surface area contributed by atoms with Crippen molar-refractivity contribution in [2.24, 2.45) is 0 Å². The average molecular weight is 393 g/mol. The Morgan fingerprint density at radius 1 is 1.36 bits per heavy atom. The van der Waals surface area contributed by atoms with Gasteiger partial charge >= 0.3 is 5.97 Å². The maximum absolute atomic E-state index is 11.0. The monoisotopic (exact) mass is 392 g/mol. The topological polar surface area (TPSA) is 55.1 Å². The standard InChI is InChI=1S/C18H14Cl2N2O2S/c1-9-8-25-18-11(9)7-12-14(3-5-16(23)24)21-22(17(12)18)15-4-2-10(19)6-13(15)20/h2,4,6,8H,3,5,7H2,1H3,(H,23,24). The summed E-state index contributed by atoms with van der Waals surface area (Å²) in [6, 6.07) is 5.32. The molecular weight excluding hydrogens is 379 g/mol. The lowest BCUT2D eigenvalue weighted by molar-refractivity contribution is -0.136. The van der Waals surface area contributed by atoms with Gasteiger partial charge in [-0.1, -0.05) is 23.2 Å². The van der Waals surface area contributed by atoms with Gasteiger partial charge in [-0.15, -0.1) is 11.3 Å². The Balaban J connectivity index is 1.90. The minimum absolute atomic E-state index is 0.0600. The van der Waals surface area contributed by atoms with Gasteiger partial charge in [0, 0.05) is 23.4 Å². The summed E-state index contributed by atoms with van der Waals surface area (Å²) in [5.41, 5.74) is 6.27. The fourth-order valence-electron chi connectivity index (χ4n) is 3.23. The summed E-state index contributed by atoms with van der Waals surface area (Å²) >= 11 is 14.1. The average Bonchev–Trinajstić information content (AvgIpc) is 3.18. The second-order valence-electron chi connectivity index (χ2n) is 6.08. The van der Waals surface area contributed by atoms with Crippen molar-refractivity contribution in [2.45, 2.75) is 26.2 Å². The van der Waals surface area contributed by atoms with E-state index in [2.05, 4.69) is 12.3 Å². The number of fused-ring (bicyclic) bond motifs is 3. The number of thiophene rings is 1. The molecule has 25 heavy (non-hydrogen) atoms. The molecule has 0 fully saturated rings. The van der Waals surface area contributed by atoms with Crippen molar-refractivity contribution in [3.63, 3.8) is 0 Å². The van der Waals surface area contributed by atoms with Crippen molar-refractivity contribution in [3.8, 4) is 16.3 Å². The van der Waals surface area contributed by atoms with Crippen LogP contribution in [0.25, 0.3) is 16.3 Å². The van der Waals surface area contributed by atoms with Gasteiger partial charge in [0.2, 0.25) is 0 Å². The van der Waals surface area contributed by atoms with Crippen LogP contribution in [0.15, 0.2) is 23.6 Å². The van der Waals surface area contributed by atoms with Gasteiger partial charge in [-0.25, -0.2) is 4.68 Å². The first-order valence-electron chi connectivity index (χ1n) is 7.81. The number of hydrogen-bond acceptors (Lipinski definition) is 3. The first-order valence-corrected chi connectivity index (χ1v) is 9.44. The van der Waals surface area contributed by atoms with Crippen LogP contribution in [0, 0.1) is 6.92 Å². The summed E-state index contributed by atoms with van der Waals surface area (Å²) < 4.78 is 1.84. The van der Waals surface area contributed by atoms with E-state index in [9.17, 15) is 4.79 Å². The lowest BCUT2D eigenvalue weighted by Gasteiger charge is -2.08. The summed E-state index contributed by atoms with van der Waals surface area (Å²) in [6.07, 6.45) is 1.26. The minimum atomic E-state index is -0.822. The summed E-state index contributed by atoms with van der Waals surface area (Å²) in [4.78, 5) is 12.2. The van der Waals surface area contributed by atoms with Crippen LogP contribution in [0.2, 0.25) is 10.0 Å².